The molecule has 0 radical (unpaired) electrons. The summed E-state index contributed by atoms with van der Waals surface area (Å²) in [5, 5.41) is 8.92. The molecule has 1 aliphatic rings. The molecule has 1 atom stereocenters. The van der Waals surface area contributed by atoms with Gasteiger partial charge in [0.15, 0.2) is 0 Å². The second-order valence-electron chi connectivity index (χ2n) is 6.03. The van der Waals surface area contributed by atoms with Crippen molar-refractivity contribution in [2.45, 2.75) is 44.9 Å². The maximum atomic E-state index is 13.1. The van der Waals surface area contributed by atoms with Crippen LogP contribution in [0, 0.1) is 23.1 Å². The summed E-state index contributed by atoms with van der Waals surface area (Å²) in [7, 11) is 0. The molecule has 1 unspecified atom stereocenters. The molecule has 3 nitrogen and oxygen atoms in total. The summed E-state index contributed by atoms with van der Waals surface area (Å²) in [5.74, 6) is 0.141. The minimum atomic E-state index is -0.246. The fraction of sp³-hybridized carbons (Fsp3) is 0.556. The van der Waals surface area contributed by atoms with Gasteiger partial charge in [0.25, 0.3) is 0 Å². The van der Waals surface area contributed by atoms with Crippen molar-refractivity contribution < 1.29 is 9.18 Å². The fourth-order valence-electron chi connectivity index (χ4n) is 3.07. The van der Waals surface area contributed by atoms with E-state index in [4.69, 9.17) is 5.26 Å². The van der Waals surface area contributed by atoms with E-state index in [1.807, 2.05) is 4.90 Å². The molecule has 2 rings (SSSR count). The number of benzene rings is 1. The number of piperidine rings is 1. The molecular formula is C18H23FN2O. The van der Waals surface area contributed by atoms with Gasteiger partial charge < -0.3 is 4.90 Å². The maximum absolute atomic E-state index is 13.1. The topological polar surface area (TPSA) is 44.1 Å². The van der Waals surface area contributed by atoms with Crippen molar-refractivity contribution in [3.8, 4) is 6.07 Å². The van der Waals surface area contributed by atoms with Crippen molar-refractivity contribution in [1.29, 1.82) is 5.26 Å². The Labute approximate surface area is 131 Å². The van der Waals surface area contributed by atoms with Crippen LogP contribution in [0.4, 0.5) is 4.39 Å². The first kappa shape index (κ1) is 16.5. The number of nitrogens with zero attached hydrogens (tertiary/aromatic N) is 2. The number of halogens is 1. The third-order valence-corrected chi connectivity index (χ3v) is 4.43. The second-order valence-corrected chi connectivity index (χ2v) is 6.03. The first-order valence-corrected chi connectivity index (χ1v) is 8.07. The molecule has 0 aromatic heterocycles. The maximum Gasteiger partial charge on any atom is 0.223 e. The third kappa shape index (κ3) is 4.30. The van der Waals surface area contributed by atoms with Crippen molar-refractivity contribution in [3.05, 3.63) is 35.6 Å². The van der Waals surface area contributed by atoms with Crippen LogP contribution in [0.15, 0.2) is 24.3 Å². The van der Waals surface area contributed by atoms with Crippen molar-refractivity contribution in [1.82, 2.24) is 4.90 Å². The number of hydrogen-bond donors (Lipinski definition) is 0. The molecule has 0 N–H and O–H groups in total. The summed E-state index contributed by atoms with van der Waals surface area (Å²) >= 11 is 0. The van der Waals surface area contributed by atoms with Crippen molar-refractivity contribution in [2.24, 2.45) is 5.92 Å². The van der Waals surface area contributed by atoms with E-state index in [0.717, 1.165) is 31.2 Å². The molecule has 1 aliphatic heterocycles. The zero-order valence-electron chi connectivity index (χ0n) is 13.1. The Bertz CT molecular complexity index is 527. The van der Waals surface area contributed by atoms with Gasteiger partial charge in [-0.1, -0.05) is 25.5 Å². The molecule has 1 fully saturated rings. The van der Waals surface area contributed by atoms with Crippen LogP contribution in [0.5, 0.6) is 0 Å². The first-order valence-electron chi connectivity index (χ1n) is 8.07. The van der Waals surface area contributed by atoms with Crippen LogP contribution in [0.1, 0.15) is 50.5 Å². The van der Waals surface area contributed by atoms with E-state index >= 15 is 0 Å². The average Bonchev–Trinajstić information content (AvgIpc) is 2.55. The molecule has 1 heterocycles. The lowest BCUT2D eigenvalue weighted by Gasteiger charge is -2.30. The number of hydrogen-bond acceptors (Lipinski definition) is 2. The highest BCUT2D eigenvalue weighted by atomic mass is 19.1. The summed E-state index contributed by atoms with van der Waals surface area (Å²) in [6.45, 7) is 3.46. The van der Waals surface area contributed by atoms with Gasteiger partial charge in [0.2, 0.25) is 5.91 Å². The fourth-order valence-corrected chi connectivity index (χ4v) is 3.07. The SMILES string of the molecule is CCCC(CC(=O)N1CCC(C#N)CC1)c1ccc(F)cc1. The Hall–Kier alpha value is -1.89. The molecule has 1 amide bonds. The minimum Gasteiger partial charge on any atom is -0.343 e. The van der Waals surface area contributed by atoms with E-state index in [1.54, 1.807) is 12.1 Å². The Kier molecular flexibility index (Phi) is 5.94. The molecule has 22 heavy (non-hydrogen) atoms. The second kappa shape index (κ2) is 7.93. The number of carbonyl (C=O) groups excluding carboxylic acids is 1. The van der Waals surface area contributed by atoms with Gasteiger partial charge in [-0.05, 0) is 42.9 Å². The van der Waals surface area contributed by atoms with Crippen LogP contribution >= 0.6 is 0 Å². The van der Waals surface area contributed by atoms with Crippen molar-refractivity contribution >= 4 is 5.91 Å². The summed E-state index contributed by atoms with van der Waals surface area (Å²) in [4.78, 5) is 14.4. The van der Waals surface area contributed by atoms with E-state index in [2.05, 4.69) is 13.0 Å². The minimum absolute atomic E-state index is 0.0904. The lowest BCUT2D eigenvalue weighted by Crippen LogP contribution is -2.38. The van der Waals surface area contributed by atoms with Crippen molar-refractivity contribution in [3.63, 3.8) is 0 Å². The molecule has 1 aromatic carbocycles. The summed E-state index contributed by atoms with van der Waals surface area (Å²) in [5.41, 5.74) is 1.03. The lowest BCUT2D eigenvalue weighted by atomic mass is 9.90. The molecule has 0 aliphatic carbocycles. The summed E-state index contributed by atoms with van der Waals surface area (Å²) in [6.07, 6.45) is 3.93. The summed E-state index contributed by atoms with van der Waals surface area (Å²) in [6, 6.07) is 8.77. The Morgan fingerprint density at radius 3 is 2.55 bits per heavy atom. The zero-order chi connectivity index (χ0) is 15.9. The van der Waals surface area contributed by atoms with Gasteiger partial charge in [0.05, 0.1) is 6.07 Å². The van der Waals surface area contributed by atoms with Gasteiger partial charge in [0.1, 0.15) is 5.82 Å². The number of likely N-dealkylation sites (tertiary alicyclic amines) is 1. The smallest absolute Gasteiger partial charge is 0.223 e. The van der Waals surface area contributed by atoms with Crippen LogP contribution < -0.4 is 0 Å². The predicted octanol–water partition coefficient (Wildman–Crippen LogP) is 3.86. The number of nitriles is 1. The molecular weight excluding hydrogens is 279 g/mol. The molecule has 0 saturated carbocycles. The van der Waals surface area contributed by atoms with E-state index in [9.17, 15) is 9.18 Å². The van der Waals surface area contributed by atoms with Crippen LogP contribution in [0.3, 0.4) is 0 Å². The van der Waals surface area contributed by atoms with Crippen LogP contribution in [0.2, 0.25) is 0 Å². The van der Waals surface area contributed by atoms with Gasteiger partial charge in [-0.2, -0.15) is 5.26 Å². The average molecular weight is 302 g/mol. The Morgan fingerprint density at radius 1 is 1.36 bits per heavy atom. The Balaban J connectivity index is 1.97. The number of rotatable bonds is 5. The molecule has 0 spiro atoms. The number of amides is 1. The zero-order valence-corrected chi connectivity index (χ0v) is 13.1. The highest BCUT2D eigenvalue weighted by Crippen LogP contribution is 2.27. The lowest BCUT2D eigenvalue weighted by molar-refractivity contribution is -0.132. The molecule has 4 heteroatoms. The van der Waals surface area contributed by atoms with Gasteiger partial charge >= 0.3 is 0 Å². The highest BCUT2D eigenvalue weighted by Gasteiger charge is 2.25. The van der Waals surface area contributed by atoms with Gasteiger partial charge in [-0.3, -0.25) is 4.79 Å². The Morgan fingerprint density at radius 2 is 2.00 bits per heavy atom. The van der Waals surface area contributed by atoms with E-state index < -0.39 is 0 Å². The van der Waals surface area contributed by atoms with Gasteiger partial charge in [0, 0.05) is 25.4 Å². The van der Waals surface area contributed by atoms with Gasteiger partial charge in [-0.25, -0.2) is 4.39 Å². The standard InChI is InChI=1S/C18H23FN2O/c1-2-3-16(15-4-6-17(19)7-5-15)12-18(22)21-10-8-14(13-20)9-11-21/h4-7,14,16H,2-3,8-12H2,1H3. The van der Waals surface area contributed by atoms with E-state index in [1.165, 1.54) is 12.1 Å². The van der Waals surface area contributed by atoms with Crippen molar-refractivity contribution in [2.75, 3.05) is 13.1 Å². The largest absolute Gasteiger partial charge is 0.343 e. The number of carbonyl (C=O) groups is 1. The monoisotopic (exact) mass is 302 g/mol. The van der Waals surface area contributed by atoms with Gasteiger partial charge in [-0.15, -0.1) is 0 Å². The highest BCUT2D eigenvalue weighted by molar-refractivity contribution is 5.77. The van der Waals surface area contributed by atoms with E-state index in [0.29, 0.717) is 19.5 Å². The molecule has 118 valence electrons. The first-order chi connectivity index (χ1) is 10.6. The normalized spacial score (nSPS) is 17.0. The molecule has 1 saturated heterocycles. The summed E-state index contributed by atoms with van der Waals surface area (Å²) < 4.78 is 13.1. The third-order valence-electron chi connectivity index (χ3n) is 4.43. The van der Waals surface area contributed by atoms with Crippen LogP contribution in [-0.4, -0.2) is 23.9 Å². The molecule has 0 bridgehead atoms. The molecule has 1 aromatic rings. The quantitative estimate of drug-likeness (QED) is 0.829. The van der Waals surface area contributed by atoms with E-state index in [-0.39, 0.29) is 23.6 Å². The van der Waals surface area contributed by atoms with Crippen LogP contribution in [-0.2, 0) is 4.79 Å². The predicted molar refractivity (Wildman–Crippen MR) is 83.6 cm³/mol. The van der Waals surface area contributed by atoms with Crippen LogP contribution in [0.25, 0.3) is 0 Å².